The lowest BCUT2D eigenvalue weighted by Crippen LogP contribution is -2.10. The zero-order valence-electron chi connectivity index (χ0n) is 31.5. The maximum atomic E-state index is 2.37. The number of allylic oxidation sites excluding steroid dienone is 3. The molecule has 2 heteroatoms. The van der Waals surface area contributed by atoms with Gasteiger partial charge in [-0.2, -0.15) is 0 Å². The Bertz CT molecular complexity index is 2910. The standard InChI is InChI=1S/C55H40N2/c1-2-10-42-24-32-52(36-46(42)14-3-1)56(53-33-25-43-11-4-7-15-47(43)37-53)50-28-20-40(21-29-50)18-19-41-22-30-51(31-23-41)57(54-34-26-44-12-5-8-16-48(44)38-54)55-35-27-45-13-6-9-17-49(45)39-55/h1-13,15-39H,14H2/b19-18+. The van der Waals surface area contributed by atoms with Crippen molar-refractivity contribution in [2.45, 2.75) is 6.42 Å². The molecule has 57 heavy (non-hydrogen) atoms. The summed E-state index contributed by atoms with van der Waals surface area (Å²) in [6.45, 7) is 0. The molecule has 0 heterocycles. The average molecular weight is 729 g/mol. The molecule has 10 rings (SSSR count). The Kier molecular flexibility index (Phi) is 8.98. The van der Waals surface area contributed by atoms with E-state index in [-0.39, 0.29) is 0 Å². The average Bonchev–Trinajstić information content (AvgIpc) is 3.52. The molecule has 0 saturated heterocycles. The molecule has 1 aliphatic carbocycles. The molecule has 0 amide bonds. The third kappa shape index (κ3) is 7.01. The van der Waals surface area contributed by atoms with Gasteiger partial charge in [-0.15, -0.1) is 0 Å². The van der Waals surface area contributed by atoms with Gasteiger partial charge in [0.2, 0.25) is 0 Å². The molecule has 0 spiro atoms. The number of anilines is 6. The summed E-state index contributed by atoms with van der Waals surface area (Å²) in [6, 6.07) is 70.4. The number of hydrogen-bond donors (Lipinski definition) is 0. The largest absolute Gasteiger partial charge is 0.310 e. The summed E-state index contributed by atoms with van der Waals surface area (Å²) in [6.07, 6.45) is 14.0. The second kappa shape index (κ2) is 15.0. The topological polar surface area (TPSA) is 6.48 Å². The van der Waals surface area contributed by atoms with Crippen LogP contribution in [0.4, 0.5) is 34.1 Å². The van der Waals surface area contributed by atoms with Crippen molar-refractivity contribution in [3.63, 3.8) is 0 Å². The monoisotopic (exact) mass is 728 g/mol. The molecule has 1 aliphatic rings. The molecule has 0 saturated carbocycles. The Balaban J connectivity index is 0.950. The number of rotatable bonds is 8. The molecular formula is C55H40N2. The molecule has 0 unspecified atom stereocenters. The summed E-state index contributed by atoms with van der Waals surface area (Å²) in [5.74, 6) is 0. The Labute approximate surface area is 334 Å². The van der Waals surface area contributed by atoms with Gasteiger partial charge in [0.15, 0.2) is 0 Å². The highest BCUT2D eigenvalue weighted by Gasteiger charge is 2.16. The first-order valence-electron chi connectivity index (χ1n) is 19.6. The minimum Gasteiger partial charge on any atom is -0.310 e. The van der Waals surface area contributed by atoms with E-state index in [0.29, 0.717) is 0 Å². The zero-order chi connectivity index (χ0) is 38.0. The molecule has 270 valence electrons. The molecule has 9 aromatic rings. The van der Waals surface area contributed by atoms with Crippen molar-refractivity contribution in [2.75, 3.05) is 9.80 Å². The molecule has 0 atom stereocenters. The molecular weight excluding hydrogens is 689 g/mol. The Hall–Kier alpha value is -7.42. The number of fused-ring (bicyclic) bond motifs is 4. The van der Waals surface area contributed by atoms with Gasteiger partial charge in [-0.1, -0.05) is 158 Å². The summed E-state index contributed by atoms with van der Waals surface area (Å²) in [4.78, 5) is 4.72. The van der Waals surface area contributed by atoms with E-state index in [9.17, 15) is 0 Å². The van der Waals surface area contributed by atoms with Crippen molar-refractivity contribution in [3.8, 4) is 0 Å². The van der Waals surface area contributed by atoms with E-state index < -0.39 is 0 Å². The van der Waals surface area contributed by atoms with Gasteiger partial charge in [0.25, 0.3) is 0 Å². The first-order valence-corrected chi connectivity index (χ1v) is 19.6. The highest BCUT2D eigenvalue weighted by molar-refractivity contribution is 5.93. The predicted molar refractivity (Wildman–Crippen MR) is 246 cm³/mol. The van der Waals surface area contributed by atoms with Crippen LogP contribution in [0, 0.1) is 0 Å². The Morgan fingerprint density at radius 3 is 1.18 bits per heavy atom. The Morgan fingerprint density at radius 1 is 0.333 bits per heavy atom. The van der Waals surface area contributed by atoms with Crippen LogP contribution in [-0.2, 0) is 6.42 Å². The smallest absolute Gasteiger partial charge is 0.0468 e. The molecule has 0 fully saturated rings. The molecule has 0 aliphatic heterocycles. The predicted octanol–water partition coefficient (Wildman–Crippen LogP) is 15.4. The molecule has 0 N–H and O–H groups in total. The van der Waals surface area contributed by atoms with Crippen molar-refractivity contribution >= 4 is 84.7 Å². The van der Waals surface area contributed by atoms with Crippen molar-refractivity contribution in [2.24, 2.45) is 0 Å². The number of hydrogen-bond acceptors (Lipinski definition) is 2. The van der Waals surface area contributed by atoms with Crippen LogP contribution in [0.2, 0.25) is 0 Å². The van der Waals surface area contributed by atoms with E-state index in [1.54, 1.807) is 0 Å². The van der Waals surface area contributed by atoms with Crippen LogP contribution in [-0.4, -0.2) is 0 Å². The minimum atomic E-state index is 0.914. The van der Waals surface area contributed by atoms with Gasteiger partial charge in [0, 0.05) is 34.1 Å². The normalized spacial score (nSPS) is 12.3. The van der Waals surface area contributed by atoms with Gasteiger partial charge in [-0.3, -0.25) is 0 Å². The number of benzene rings is 9. The van der Waals surface area contributed by atoms with Gasteiger partial charge in [0.05, 0.1) is 0 Å². The maximum Gasteiger partial charge on any atom is 0.0468 e. The summed E-state index contributed by atoms with van der Waals surface area (Å²) in [5, 5.41) is 7.38. The fraction of sp³-hybridized carbons (Fsp3) is 0.0182. The quantitative estimate of drug-likeness (QED) is 0.144. The Morgan fingerprint density at radius 2 is 0.719 bits per heavy atom. The van der Waals surface area contributed by atoms with E-state index in [1.165, 1.54) is 43.4 Å². The van der Waals surface area contributed by atoms with Crippen LogP contribution in [0.1, 0.15) is 22.3 Å². The fourth-order valence-electron chi connectivity index (χ4n) is 8.01. The van der Waals surface area contributed by atoms with Crippen LogP contribution >= 0.6 is 0 Å². The van der Waals surface area contributed by atoms with E-state index in [0.717, 1.165) is 51.7 Å². The second-order valence-corrected chi connectivity index (χ2v) is 14.7. The van der Waals surface area contributed by atoms with Gasteiger partial charge >= 0.3 is 0 Å². The van der Waals surface area contributed by atoms with Crippen molar-refractivity contribution < 1.29 is 0 Å². The van der Waals surface area contributed by atoms with E-state index >= 15 is 0 Å². The SMILES string of the molecule is C1=CCc2cc(N(c3ccc(/C=C/c4ccc(N(c5ccc6ccccc6c5)c5ccc6ccccc6c5)cc4)cc3)c3ccc4ccccc4c3)ccc2C=C1. The van der Waals surface area contributed by atoms with Crippen LogP contribution < -0.4 is 9.80 Å². The third-order valence-corrected chi connectivity index (χ3v) is 11.0. The van der Waals surface area contributed by atoms with Crippen LogP contribution in [0.3, 0.4) is 0 Å². The molecule has 0 radical (unpaired) electrons. The third-order valence-electron chi connectivity index (χ3n) is 11.0. The highest BCUT2D eigenvalue weighted by Crippen LogP contribution is 2.39. The van der Waals surface area contributed by atoms with E-state index in [4.69, 9.17) is 0 Å². The summed E-state index contributed by atoms with van der Waals surface area (Å²) < 4.78 is 0. The molecule has 0 bridgehead atoms. The lowest BCUT2D eigenvalue weighted by Gasteiger charge is -2.27. The van der Waals surface area contributed by atoms with Crippen LogP contribution in [0.5, 0.6) is 0 Å². The first-order chi connectivity index (χ1) is 28.2. The van der Waals surface area contributed by atoms with E-state index in [2.05, 4.69) is 240 Å². The second-order valence-electron chi connectivity index (χ2n) is 14.7. The fourth-order valence-corrected chi connectivity index (χ4v) is 8.01. The maximum absolute atomic E-state index is 2.37. The van der Waals surface area contributed by atoms with Crippen LogP contribution in [0.15, 0.2) is 212 Å². The lowest BCUT2D eigenvalue weighted by molar-refractivity contribution is 1.23. The van der Waals surface area contributed by atoms with Crippen LogP contribution in [0.25, 0.3) is 50.5 Å². The summed E-state index contributed by atoms with van der Waals surface area (Å²) in [7, 11) is 0. The highest BCUT2D eigenvalue weighted by atomic mass is 15.1. The molecule has 9 aromatic carbocycles. The first kappa shape index (κ1) is 34.1. The summed E-state index contributed by atoms with van der Waals surface area (Å²) >= 11 is 0. The molecule has 0 aromatic heterocycles. The number of nitrogens with zero attached hydrogens (tertiary/aromatic N) is 2. The van der Waals surface area contributed by atoms with Gasteiger partial charge < -0.3 is 9.80 Å². The summed E-state index contributed by atoms with van der Waals surface area (Å²) in [5.41, 5.74) is 11.7. The molecule has 2 nitrogen and oxygen atoms in total. The van der Waals surface area contributed by atoms with Crippen molar-refractivity contribution in [3.05, 3.63) is 235 Å². The van der Waals surface area contributed by atoms with E-state index in [1.807, 2.05) is 0 Å². The lowest BCUT2D eigenvalue weighted by atomic mass is 10.0. The van der Waals surface area contributed by atoms with Gasteiger partial charge in [0.1, 0.15) is 0 Å². The van der Waals surface area contributed by atoms with Crippen molar-refractivity contribution in [1.82, 2.24) is 0 Å². The van der Waals surface area contributed by atoms with Gasteiger partial charge in [-0.05, 0) is 134 Å². The van der Waals surface area contributed by atoms with Gasteiger partial charge in [-0.25, -0.2) is 0 Å². The minimum absolute atomic E-state index is 0.914. The zero-order valence-corrected chi connectivity index (χ0v) is 31.5. The van der Waals surface area contributed by atoms with Crippen molar-refractivity contribution in [1.29, 1.82) is 0 Å².